The Hall–Kier alpha value is -2.74. The third-order valence-corrected chi connectivity index (χ3v) is 5.01. The van der Waals surface area contributed by atoms with Crippen LogP contribution in [0.2, 0.25) is 0 Å². The third-order valence-electron chi connectivity index (χ3n) is 5.01. The van der Waals surface area contributed by atoms with E-state index in [2.05, 4.69) is 25.9 Å². The van der Waals surface area contributed by atoms with Crippen LogP contribution in [-0.2, 0) is 14.3 Å². The van der Waals surface area contributed by atoms with Crippen molar-refractivity contribution in [1.29, 1.82) is 0 Å². The number of carbonyl (C=O) groups is 2. The molecule has 0 aliphatic carbocycles. The minimum atomic E-state index is -0.484. The zero-order valence-electron chi connectivity index (χ0n) is 16.7. The van der Waals surface area contributed by atoms with Crippen molar-refractivity contribution < 1.29 is 14.3 Å². The molecule has 0 saturated carbocycles. The van der Waals surface area contributed by atoms with E-state index in [0.717, 1.165) is 22.2 Å². The Morgan fingerprint density at radius 3 is 2.79 bits per heavy atom. The number of benzene rings is 1. The fourth-order valence-corrected chi connectivity index (χ4v) is 3.51. The molecule has 150 valence electrons. The maximum atomic E-state index is 12.5. The number of hydrogen-bond acceptors (Lipinski definition) is 7. The highest BCUT2D eigenvalue weighted by molar-refractivity contribution is 5.85. The van der Waals surface area contributed by atoms with Crippen molar-refractivity contribution in [3.05, 3.63) is 29.5 Å². The SMILES string of the molecule is CCOC(=O)CCC1C(=O)NC(Nc2nc(C)c3cccc(C)c3n2)NC1C. The highest BCUT2D eigenvalue weighted by Gasteiger charge is 2.33. The summed E-state index contributed by atoms with van der Waals surface area (Å²) in [6, 6.07) is 5.89. The van der Waals surface area contributed by atoms with Crippen molar-refractivity contribution >= 4 is 28.7 Å². The van der Waals surface area contributed by atoms with E-state index in [-0.39, 0.29) is 30.3 Å². The van der Waals surface area contributed by atoms with Crippen molar-refractivity contribution in [1.82, 2.24) is 20.6 Å². The Bertz CT molecular complexity index is 886. The summed E-state index contributed by atoms with van der Waals surface area (Å²) in [5.74, 6) is -0.238. The van der Waals surface area contributed by atoms with Crippen LogP contribution in [-0.4, -0.2) is 40.8 Å². The molecular formula is C20H27N5O3. The van der Waals surface area contributed by atoms with Gasteiger partial charge in [-0.25, -0.2) is 9.97 Å². The molecular weight excluding hydrogens is 358 g/mol. The zero-order chi connectivity index (χ0) is 20.3. The predicted molar refractivity (Wildman–Crippen MR) is 107 cm³/mol. The Labute approximate surface area is 164 Å². The van der Waals surface area contributed by atoms with Crippen molar-refractivity contribution in [2.24, 2.45) is 5.92 Å². The largest absolute Gasteiger partial charge is 0.466 e. The standard InChI is InChI=1S/C20H27N5O3/c1-5-28-16(26)10-9-15-13(4)22-20(24-18(15)27)25-19-21-12(3)14-8-6-7-11(2)17(14)23-19/h6-8,13,15,20,22H,5,9-10H2,1-4H3,(H,24,27)(H,21,23,25). The number of nitrogens with zero attached hydrogens (tertiary/aromatic N) is 2. The molecule has 3 unspecified atom stereocenters. The molecule has 8 nitrogen and oxygen atoms in total. The van der Waals surface area contributed by atoms with E-state index in [0.29, 0.717) is 19.0 Å². The number of carbonyl (C=O) groups excluding carboxylic acids is 2. The van der Waals surface area contributed by atoms with Crippen LogP contribution in [0.1, 0.15) is 37.9 Å². The molecule has 1 aliphatic rings. The summed E-state index contributed by atoms with van der Waals surface area (Å²) in [4.78, 5) is 33.2. The topological polar surface area (TPSA) is 105 Å². The summed E-state index contributed by atoms with van der Waals surface area (Å²) >= 11 is 0. The lowest BCUT2D eigenvalue weighted by molar-refractivity contribution is -0.143. The van der Waals surface area contributed by atoms with Gasteiger partial charge in [-0.05, 0) is 39.7 Å². The lowest BCUT2D eigenvalue weighted by atomic mass is 9.93. The molecule has 1 aromatic heterocycles. The third kappa shape index (κ3) is 4.39. The Morgan fingerprint density at radius 1 is 1.29 bits per heavy atom. The average molecular weight is 385 g/mol. The molecule has 2 heterocycles. The summed E-state index contributed by atoms with van der Waals surface area (Å²) in [7, 11) is 0. The number of anilines is 1. The van der Waals surface area contributed by atoms with Crippen LogP contribution < -0.4 is 16.0 Å². The minimum absolute atomic E-state index is 0.107. The molecule has 3 rings (SSSR count). The first-order valence-electron chi connectivity index (χ1n) is 9.61. The smallest absolute Gasteiger partial charge is 0.305 e. The number of hydrogen-bond donors (Lipinski definition) is 3. The van der Waals surface area contributed by atoms with Gasteiger partial charge in [-0.15, -0.1) is 0 Å². The Kier molecular flexibility index (Phi) is 6.08. The van der Waals surface area contributed by atoms with Gasteiger partial charge in [-0.2, -0.15) is 0 Å². The van der Waals surface area contributed by atoms with Gasteiger partial charge in [0, 0.05) is 17.8 Å². The lowest BCUT2D eigenvalue weighted by Gasteiger charge is -2.35. The highest BCUT2D eigenvalue weighted by atomic mass is 16.5. The van der Waals surface area contributed by atoms with Crippen LogP contribution in [0.25, 0.3) is 10.9 Å². The molecule has 3 N–H and O–H groups in total. The van der Waals surface area contributed by atoms with E-state index in [4.69, 9.17) is 4.74 Å². The maximum Gasteiger partial charge on any atom is 0.305 e. The number of ether oxygens (including phenoxy) is 1. The summed E-state index contributed by atoms with van der Waals surface area (Å²) < 4.78 is 4.94. The first-order valence-corrected chi connectivity index (χ1v) is 9.61. The van der Waals surface area contributed by atoms with Crippen molar-refractivity contribution in [2.45, 2.75) is 52.9 Å². The average Bonchev–Trinajstić information content (AvgIpc) is 2.62. The van der Waals surface area contributed by atoms with Gasteiger partial charge in [0.15, 0.2) is 6.29 Å². The highest BCUT2D eigenvalue weighted by Crippen LogP contribution is 2.21. The first-order chi connectivity index (χ1) is 13.4. The summed E-state index contributed by atoms with van der Waals surface area (Å²) in [6.45, 7) is 7.99. The molecule has 28 heavy (non-hydrogen) atoms. The molecule has 0 spiro atoms. The lowest BCUT2D eigenvalue weighted by Crippen LogP contribution is -2.63. The molecule has 1 aromatic carbocycles. The second-order valence-corrected chi connectivity index (χ2v) is 7.10. The molecule has 2 aromatic rings. The van der Waals surface area contributed by atoms with E-state index < -0.39 is 6.29 Å². The van der Waals surface area contributed by atoms with Gasteiger partial charge < -0.3 is 15.4 Å². The van der Waals surface area contributed by atoms with E-state index in [1.165, 1.54) is 0 Å². The monoisotopic (exact) mass is 385 g/mol. The van der Waals surface area contributed by atoms with Gasteiger partial charge in [0.1, 0.15) is 0 Å². The van der Waals surface area contributed by atoms with Crippen LogP contribution in [0.15, 0.2) is 18.2 Å². The normalized spacial score (nSPS) is 22.0. The number of amides is 1. The van der Waals surface area contributed by atoms with Crippen molar-refractivity contribution in [3.63, 3.8) is 0 Å². The second kappa shape index (κ2) is 8.52. The molecule has 8 heteroatoms. The van der Waals surface area contributed by atoms with Gasteiger partial charge in [0.25, 0.3) is 0 Å². The van der Waals surface area contributed by atoms with Crippen LogP contribution in [0.3, 0.4) is 0 Å². The van der Waals surface area contributed by atoms with Gasteiger partial charge in [0.2, 0.25) is 11.9 Å². The molecule has 0 radical (unpaired) electrons. The quantitative estimate of drug-likeness (QED) is 0.653. The van der Waals surface area contributed by atoms with Crippen LogP contribution in [0, 0.1) is 19.8 Å². The second-order valence-electron chi connectivity index (χ2n) is 7.10. The fraction of sp³-hybridized carbons (Fsp3) is 0.500. The van der Waals surface area contributed by atoms with Crippen molar-refractivity contribution in [2.75, 3.05) is 11.9 Å². The van der Waals surface area contributed by atoms with Gasteiger partial charge >= 0.3 is 5.97 Å². The molecule has 3 atom stereocenters. The molecule has 1 fully saturated rings. The molecule has 1 saturated heterocycles. The molecule has 1 aliphatic heterocycles. The van der Waals surface area contributed by atoms with E-state index in [1.807, 2.05) is 39.0 Å². The summed E-state index contributed by atoms with van der Waals surface area (Å²) in [5.41, 5.74) is 2.83. The van der Waals surface area contributed by atoms with E-state index >= 15 is 0 Å². The van der Waals surface area contributed by atoms with Crippen molar-refractivity contribution in [3.8, 4) is 0 Å². The fourth-order valence-electron chi connectivity index (χ4n) is 3.51. The maximum absolute atomic E-state index is 12.5. The minimum Gasteiger partial charge on any atom is -0.466 e. The summed E-state index contributed by atoms with van der Waals surface area (Å²) in [6.07, 6.45) is 0.181. The predicted octanol–water partition coefficient (Wildman–Crippen LogP) is 2.01. The zero-order valence-corrected chi connectivity index (χ0v) is 16.7. The molecule has 0 bridgehead atoms. The Balaban J connectivity index is 1.67. The van der Waals surface area contributed by atoms with Gasteiger partial charge in [0.05, 0.1) is 23.7 Å². The van der Waals surface area contributed by atoms with Crippen LogP contribution in [0.5, 0.6) is 0 Å². The van der Waals surface area contributed by atoms with Crippen LogP contribution in [0.4, 0.5) is 5.95 Å². The number of esters is 1. The number of aryl methyl sites for hydroxylation is 2. The Morgan fingerprint density at radius 2 is 2.07 bits per heavy atom. The first kappa shape index (κ1) is 20.0. The number of fused-ring (bicyclic) bond motifs is 1. The number of aromatic nitrogens is 2. The van der Waals surface area contributed by atoms with Gasteiger partial charge in [-0.1, -0.05) is 18.2 Å². The number of rotatable bonds is 6. The summed E-state index contributed by atoms with van der Waals surface area (Å²) in [5, 5.41) is 10.4. The van der Waals surface area contributed by atoms with Gasteiger partial charge in [-0.3, -0.25) is 14.9 Å². The number of para-hydroxylation sites is 1. The number of nitrogens with one attached hydrogen (secondary N) is 3. The van der Waals surface area contributed by atoms with E-state index in [9.17, 15) is 9.59 Å². The molecule has 1 amide bonds. The van der Waals surface area contributed by atoms with E-state index in [1.54, 1.807) is 6.92 Å². The van der Waals surface area contributed by atoms with Crippen LogP contribution >= 0.6 is 0 Å².